The zero-order valence-electron chi connectivity index (χ0n) is 12.7. The first kappa shape index (κ1) is 15.7. The zero-order valence-corrected chi connectivity index (χ0v) is 12.7. The van der Waals surface area contributed by atoms with Crippen molar-refractivity contribution >= 4 is 5.91 Å². The van der Waals surface area contributed by atoms with E-state index in [1.165, 1.54) is 11.1 Å². The van der Waals surface area contributed by atoms with Crippen molar-refractivity contribution in [1.82, 2.24) is 10.6 Å². The first-order chi connectivity index (χ1) is 8.97. The van der Waals surface area contributed by atoms with Crippen molar-refractivity contribution in [3.8, 4) is 0 Å². The van der Waals surface area contributed by atoms with Crippen LogP contribution in [0, 0.1) is 18.8 Å². The van der Waals surface area contributed by atoms with Crippen molar-refractivity contribution in [1.29, 1.82) is 0 Å². The molecule has 0 fully saturated rings. The third-order valence-corrected chi connectivity index (χ3v) is 3.45. The minimum atomic E-state index is -0.0183. The normalized spacial score (nSPS) is 14.2. The molecule has 0 saturated heterocycles. The number of hydrogen-bond acceptors (Lipinski definition) is 2. The molecule has 0 aliphatic carbocycles. The summed E-state index contributed by atoms with van der Waals surface area (Å²) >= 11 is 0. The first-order valence-corrected chi connectivity index (χ1v) is 6.97. The molecule has 106 valence electrons. The molecule has 0 heterocycles. The zero-order chi connectivity index (χ0) is 14.4. The number of benzene rings is 1. The Hall–Kier alpha value is -1.35. The van der Waals surface area contributed by atoms with Crippen LogP contribution in [0.5, 0.6) is 0 Å². The molecular weight excluding hydrogens is 236 g/mol. The molecule has 2 atom stereocenters. The molecule has 0 aromatic heterocycles. The molecule has 2 unspecified atom stereocenters. The van der Waals surface area contributed by atoms with E-state index in [1.54, 1.807) is 0 Å². The van der Waals surface area contributed by atoms with E-state index < -0.39 is 0 Å². The standard InChI is InChI=1S/C16H26N2O/c1-11(2)15(14-9-7-6-8-12(14)3)18-16(19)13(4)10-17-5/h6-9,11,13,15,17H,10H2,1-5H3,(H,18,19). The summed E-state index contributed by atoms with van der Waals surface area (Å²) in [5, 5.41) is 6.22. The van der Waals surface area contributed by atoms with Gasteiger partial charge < -0.3 is 10.6 Å². The van der Waals surface area contributed by atoms with E-state index in [1.807, 2.05) is 26.1 Å². The van der Waals surface area contributed by atoms with Gasteiger partial charge in [0, 0.05) is 12.5 Å². The van der Waals surface area contributed by atoms with Crippen LogP contribution in [-0.4, -0.2) is 19.5 Å². The number of nitrogens with one attached hydrogen (secondary N) is 2. The Labute approximate surface area is 116 Å². The van der Waals surface area contributed by atoms with Gasteiger partial charge in [0.1, 0.15) is 0 Å². The van der Waals surface area contributed by atoms with Gasteiger partial charge in [0.15, 0.2) is 0 Å². The smallest absolute Gasteiger partial charge is 0.224 e. The summed E-state index contributed by atoms with van der Waals surface area (Å²) in [6, 6.07) is 8.33. The Bertz CT molecular complexity index is 415. The van der Waals surface area contributed by atoms with E-state index in [2.05, 4.69) is 43.5 Å². The van der Waals surface area contributed by atoms with Crippen LogP contribution >= 0.6 is 0 Å². The van der Waals surface area contributed by atoms with Crippen molar-refractivity contribution in [2.75, 3.05) is 13.6 Å². The molecule has 1 amide bonds. The molecular formula is C16H26N2O. The van der Waals surface area contributed by atoms with Crippen LogP contribution < -0.4 is 10.6 Å². The van der Waals surface area contributed by atoms with Gasteiger partial charge in [0.2, 0.25) is 5.91 Å². The number of rotatable bonds is 6. The molecule has 0 aliphatic heterocycles. The number of aryl methyl sites for hydroxylation is 1. The van der Waals surface area contributed by atoms with Crippen LogP contribution in [0.2, 0.25) is 0 Å². The molecule has 0 radical (unpaired) electrons. The molecule has 0 aliphatic rings. The highest BCUT2D eigenvalue weighted by Crippen LogP contribution is 2.24. The molecule has 3 heteroatoms. The highest BCUT2D eigenvalue weighted by atomic mass is 16.1. The summed E-state index contributed by atoms with van der Waals surface area (Å²) in [7, 11) is 1.87. The molecule has 3 nitrogen and oxygen atoms in total. The lowest BCUT2D eigenvalue weighted by molar-refractivity contribution is -0.125. The Morgan fingerprint density at radius 1 is 1.21 bits per heavy atom. The van der Waals surface area contributed by atoms with Crippen molar-refractivity contribution < 1.29 is 4.79 Å². The summed E-state index contributed by atoms with van der Waals surface area (Å²) in [4.78, 5) is 12.2. The van der Waals surface area contributed by atoms with Gasteiger partial charge in [-0.3, -0.25) is 4.79 Å². The maximum absolute atomic E-state index is 12.2. The highest BCUT2D eigenvalue weighted by Gasteiger charge is 2.22. The fourth-order valence-electron chi connectivity index (χ4n) is 2.23. The van der Waals surface area contributed by atoms with E-state index in [-0.39, 0.29) is 17.9 Å². The Balaban J connectivity index is 2.86. The minimum Gasteiger partial charge on any atom is -0.349 e. The summed E-state index contributed by atoms with van der Waals surface area (Å²) in [6.07, 6.45) is 0. The predicted molar refractivity (Wildman–Crippen MR) is 80.0 cm³/mol. The fourth-order valence-corrected chi connectivity index (χ4v) is 2.23. The lowest BCUT2D eigenvalue weighted by atomic mass is 9.92. The maximum Gasteiger partial charge on any atom is 0.224 e. The van der Waals surface area contributed by atoms with Crippen LogP contribution in [0.1, 0.15) is 37.9 Å². The van der Waals surface area contributed by atoms with E-state index >= 15 is 0 Å². The van der Waals surface area contributed by atoms with Gasteiger partial charge in [-0.2, -0.15) is 0 Å². The van der Waals surface area contributed by atoms with Gasteiger partial charge in [0.05, 0.1) is 6.04 Å². The number of hydrogen-bond donors (Lipinski definition) is 2. The number of carbonyl (C=O) groups excluding carboxylic acids is 1. The summed E-state index contributed by atoms with van der Waals surface area (Å²) in [5.74, 6) is 0.457. The van der Waals surface area contributed by atoms with Gasteiger partial charge in [-0.05, 0) is 31.0 Å². The quantitative estimate of drug-likeness (QED) is 0.827. The SMILES string of the molecule is CNCC(C)C(=O)NC(c1ccccc1C)C(C)C. The van der Waals surface area contributed by atoms with Crippen LogP contribution in [0.4, 0.5) is 0 Å². The number of carbonyl (C=O) groups is 1. The van der Waals surface area contributed by atoms with Crippen LogP contribution in [0.25, 0.3) is 0 Å². The van der Waals surface area contributed by atoms with Crippen molar-refractivity contribution in [2.45, 2.75) is 33.7 Å². The Kier molecular flexibility index (Phi) is 6.03. The van der Waals surface area contributed by atoms with E-state index in [0.29, 0.717) is 12.5 Å². The number of amides is 1. The largest absolute Gasteiger partial charge is 0.349 e. The molecule has 0 bridgehead atoms. The molecule has 1 aromatic carbocycles. The molecule has 1 rings (SSSR count). The van der Waals surface area contributed by atoms with Crippen LogP contribution in [-0.2, 0) is 4.79 Å². The molecule has 2 N–H and O–H groups in total. The average molecular weight is 262 g/mol. The highest BCUT2D eigenvalue weighted by molar-refractivity contribution is 5.79. The lowest BCUT2D eigenvalue weighted by Crippen LogP contribution is -2.38. The summed E-state index contributed by atoms with van der Waals surface area (Å²) in [6.45, 7) is 9.01. The topological polar surface area (TPSA) is 41.1 Å². The third kappa shape index (κ3) is 4.35. The second-order valence-corrected chi connectivity index (χ2v) is 5.55. The van der Waals surface area contributed by atoms with Gasteiger partial charge in [0.25, 0.3) is 0 Å². The monoisotopic (exact) mass is 262 g/mol. The molecule has 1 aromatic rings. The third-order valence-electron chi connectivity index (χ3n) is 3.45. The van der Waals surface area contributed by atoms with Crippen molar-refractivity contribution in [2.24, 2.45) is 11.8 Å². The fraction of sp³-hybridized carbons (Fsp3) is 0.562. The summed E-state index contributed by atoms with van der Waals surface area (Å²) in [5.41, 5.74) is 2.44. The van der Waals surface area contributed by atoms with Gasteiger partial charge >= 0.3 is 0 Å². The molecule has 0 spiro atoms. The van der Waals surface area contributed by atoms with Gasteiger partial charge in [-0.15, -0.1) is 0 Å². The summed E-state index contributed by atoms with van der Waals surface area (Å²) < 4.78 is 0. The Morgan fingerprint density at radius 3 is 2.37 bits per heavy atom. The van der Waals surface area contributed by atoms with E-state index in [9.17, 15) is 4.79 Å². The Morgan fingerprint density at radius 2 is 1.84 bits per heavy atom. The molecule has 19 heavy (non-hydrogen) atoms. The second kappa shape index (κ2) is 7.29. The second-order valence-electron chi connectivity index (χ2n) is 5.55. The average Bonchev–Trinajstić information content (AvgIpc) is 2.36. The minimum absolute atomic E-state index is 0.0183. The van der Waals surface area contributed by atoms with Crippen LogP contribution in [0.15, 0.2) is 24.3 Å². The van der Waals surface area contributed by atoms with E-state index in [0.717, 1.165) is 0 Å². The predicted octanol–water partition coefficient (Wildman–Crippen LogP) is 2.66. The lowest BCUT2D eigenvalue weighted by Gasteiger charge is -2.26. The first-order valence-electron chi connectivity index (χ1n) is 6.97. The van der Waals surface area contributed by atoms with E-state index in [4.69, 9.17) is 0 Å². The van der Waals surface area contributed by atoms with Gasteiger partial charge in [-0.1, -0.05) is 45.0 Å². The van der Waals surface area contributed by atoms with Crippen molar-refractivity contribution in [3.05, 3.63) is 35.4 Å². The van der Waals surface area contributed by atoms with Crippen molar-refractivity contribution in [3.63, 3.8) is 0 Å². The van der Waals surface area contributed by atoms with Crippen LogP contribution in [0.3, 0.4) is 0 Å². The van der Waals surface area contributed by atoms with Gasteiger partial charge in [-0.25, -0.2) is 0 Å². The maximum atomic E-state index is 12.2. The molecule has 0 saturated carbocycles.